The van der Waals surface area contributed by atoms with Gasteiger partial charge in [-0.25, -0.2) is 5.84 Å². The second kappa shape index (κ2) is 6.86. The van der Waals surface area contributed by atoms with Gasteiger partial charge in [-0.2, -0.15) is 0 Å². The van der Waals surface area contributed by atoms with Crippen LogP contribution in [0.25, 0.3) is 0 Å². The number of amides is 1. The SMILES string of the molecule is NNC(=O)C1CCC(COCc2cccc(Cl)c2)O1. The van der Waals surface area contributed by atoms with Crippen molar-refractivity contribution in [2.45, 2.75) is 31.7 Å². The first-order valence-electron chi connectivity index (χ1n) is 6.17. The van der Waals surface area contributed by atoms with Crippen molar-refractivity contribution in [3.8, 4) is 0 Å². The standard InChI is InChI=1S/C13H17ClN2O3/c14-10-3-1-2-9(6-10)7-18-8-11-4-5-12(19-11)13(17)16-15/h1-3,6,11-12H,4-5,7-8,15H2,(H,16,17). The maximum atomic E-state index is 11.3. The van der Waals surface area contributed by atoms with Crippen molar-refractivity contribution < 1.29 is 14.3 Å². The lowest BCUT2D eigenvalue weighted by Crippen LogP contribution is -2.39. The predicted octanol–water partition coefficient (Wildman–Crippen LogP) is 1.39. The second-order valence-corrected chi connectivity index (χ2v) is 4.91. The smallest absolute Gasteiger partial charge is 0.263 e. The number of carbonyl (C=O) groups is 1. The van der Waals surface area contributed by atoms with E-state index in [1.165, 1.54) is 0 Å². The van der Waals surface area contributed by atoms with Crippen LogP contribution >= 0.6 is 11.6 Å². The number of hydrogen-bond acceptors (Lipinski definition) is 4. The average molecular weight is 285 g/mol. The van der Waals surface area contributed by atoms with Crippen LogP contribution in [-0.4, -0.2) is 24.7 Å². The molecule has 19 heavy (non-hydrogen) atoms. The molecule has 1 aliphatic heterocycles. The highest BCUT2D eigenvalue weighted by molar-refractivity contribution is 6.30. The molecule has 1 aromatic carbocycles. The Balaban J connectivity index is 1.71. The van der Waals surface area contributed by atoms with Crippen molar-refractivity contribution in [3.05, 3.63) is 34.9 Å². The zero-order chi connectivity index (χ0) is 13.7. The van der Waals surface area contributed by atoms with Crippen molar-refractivity contribution in [1.29, 1.82) is 0 Å². The summed E-state index contributed by atoms with van der Waals surface area (Å²) in [6.45, 7) is 0.940. The molecule has 104 valence electrons. The quantitative estimate of drug-likeness (QED) is 0.487. The lowest BCUT2D eigenvalue weighted by Gasteiger charge is -2.13. The Labute approximate surface area is 117 Å². The van der Waals surface area contributed by atoms with Gasteiger partial charge in [-0.1, -0.05) is 23.7 Å². The minimum absolute atomic E-state index is 0.0542. The van der Waals surface area contributed by atoms with Crippen LogP contribution in [0, 0.1) is 0 Å². The first kappa shape index (κ1) is 14.3. The van der Waals surface area contributed by atoms with Crippen LogP contribution in [0.15, 0.2) is 24.3 Å². The number of nitrogens with two attached hydrogens (primary N) is 1. The fourth-order valence-corrected chi connectivity index (χ4v) is 2.26. The molecule has 3 N–H and O–H groups in total. The van der Waals surface area contributed by atoms with Crippen molar-refractivity contribution >= 4 is 17.5 Å². The largest absolute Gasteiger partial charge is 0.374 e. The number of hydrazine groups is 1. The molecule has 0 radical (unpaired) electrons. The molecule has 2 unspecified atom stereocenters. The van der Waals surface area contributed by atoms with Gasteiger partial charge in [0, 0.05) is 5.02 Å². The van der Waals surface area contributed by atoms with Crippen LogP contribution in [0.4, 0.5) is 0 Å². The van der Waals surface area contributed by atoms with E-state index in [1.807, 2.05) is 24.3 Å². The average Bonchev–Trinajstić information content (AvgIpc) is 2.87. The van der Waals surface area contributed by atoms with Crippen molar-refractivity contribution in [1.82, 2.24) is 5.43 Å². The molecule has 0 spiro atoms. The van der Waals surface area contributed by atoms with E-state index in [2.05, 4.69) is 5.43 Å². The van der Waals surface area contributed by atoms with Crippen LogP contribution in [0.5, 0.6) is 0 Å². The minimum atomic E-state index is -0.454. The molecule has 1 heterocycles. The van der Waals surface area contributed by atoms with Crippen LogP contribution < -0.4 is 11.3 Å². The van der Waals surface area contributed by atoms with Gasteiger partial charge in [0.05, 0.1) is 19.3 Å². The Kier molecular flexibility index (Phi) is 5.15. The van der Waals surface area contributed by atoms with Gasteiger partial charge >= 0.3 is 0 Å². The topological polar surface area (TPSA) is 73.6 Å². The van der Waals surface area contributed by atoms with Crippen molar-refractivity contribution in [3.63, 3.8) is 0 Å². The van der Waals surface area contributed by atoms with Crippen molar-refractivity contribution in [2.24, 2.45) is 5.84 Å². The first-order chi connectivity index (χ1) is 9.19. The zero-order valence-electron chi connectivity index (χ0n) is 10.5. The molecule has 0 saturated carbocycles. The Morgan fingerprint density at radius 1 is 1.53 bits per heavy atom. The van der Waals surface area contributed by atoms with E-state index < -0.39 is 6.10 Å². The van der Waals surface area contributed by atoms with Gasteiger partial charge in [0.2, 0.25) is 0 Å². The van der Waals surface area contributed by atoms with E-state index >= 15 is 0 Å². The summed E-state index contributed by atoms with van der Waals surface area (Å²) in [6.07, 6.45) is 0.966. The second-order valence-electron chi connectivity index (χ2n) is 4.48. The zero-order valence-corrected chi connectivity index (χ0v) is 11.2. The summed E-state index contributed by atoms with van der Waals surface area (Å²) in [5.41, 5.74) is 3.11. The third-order valence-electron chi connectivity index (χ3n) is 3.00. The van der Waals surface area contributed by atoms with Crippen LogP contribution in [-0.2, 0) is 20.9 Å². The molecule has 0 bridgehead atoms. The number of carbonyl (C=O) groups excluding carboxylic acids is 1. The van der Waals surface area contributed by atoms with E-state index in [4.69, 9.17) is 26.9 Å². The van der Waals surface area contributed by atoms with Crippen LogP contribution in [0.3, 0.4) is 0 Å². The maximum Gasteiger partial charge on any atom is 0.263 e. The molecule has 1 aliphatic rings. The number of nitrogens with one attached hydrogen (secondary N) is 1. The van der Waals surface area contributed by atoms with Gasteiger partial charge in [-0.15, -0.1) is 0 Å². The Bertz CT molecular complexity index is 442. The van der Waals surface area contributed by atoms with Crippen LogP contribution in [0.2, 0.25) is 5.02 Å². The summed E-state index contributed by atoms with van der Waals surface area (Å²) in [5.74, 6) is 4.78. The van der Waals surface area contributed by atoms with Gasteiger partial charge in [-0.05, 0) is 30.5 Å². The Morgan fingerprint density at radius 3 is 3.11 bits per heavy atom. The molecule has 6 heteroatoms. The molecular weight excluding hydrogens is 268 g/mol. The summed E-state index contributed by atoms with van der Waals surface area (Å²) in [7, 11) is 0. The van der Waals surface area contributed by atoms with E-state index in [1.54, 1.807) is 0 Å². The summed E-state index contributed by atoms with van der Waals surface area (Å²) in [6, 6.07) is 7.52. The van der Waals surface area contributed by atoms with Gasteiger partial charge in [-0.3, -0.25) is 10.2 Å². The molecule has 1 saturated heterocycles. The normalized spacial score (nSPS) is 22.4. The molecule has 1 aromatic rings. The van der Waals surface area contributed by atoms with Gasteiger partial charge < -0.3 is 9.47 Å². The monoisotopic (exact) mass is 284 g/mol. The third kappa shape index (κ3) is 4.18. The van der Waals surface area contributed by atoms with E-state index in [9.17, 15) is 4.79 Å². The van der Waals surface area contributed by atoms with E-state index in [0.29, 0.717) is 24.7 Å². The maximum absolute atomic E-state index is 11.3. The summed E-state index contributed by atoms with van der Waals surface area (Å²) >= 11 is 5.88. The highest BCUT2D eigenvalue weighted by Crippen LogP contribution is 2.20. The lowest BCUT2D eigenvalue weighted by molar-refractivity contribution is -0.133. The number of ether oxygens (including phenoxy) is 2. The third-order valence-corrected chi connectivity index (χ3v) is 3.24. The number of rotatable bonds is 5. The molecule has 0 aliphatic carbocycles. The predicted molar refractivity (Wildman–Crippen MR) is 71.3 cm³/mol. The van der Waals surface area contributed by atoms with Crippen molar-refractivity contribution in [2.75, 3.05) is 6.61 Å². The number of halogens is 1. The molecule has 0 aromatic heterocycles. The molecule has 2 atom stereocenters. The highest BCUT2D eigenvalue weighted by atomic mass is 35.5. The lowest BCUT2D eigenvalue weighted by atomic mass is 10.2. The Hall–Kier alpha value is -1.14. The fraction of sp³-hybridized carbons (Fsp3) is 0.462. The molecule has 1 fully saturated rings. The summed E-state index contributed by atoms with van der Waals surface area (Å²) < 4.78 is 11.1. The molecule has 5 nitrogen and oxygen atoms in total. The highest BCUT2D eigenvalue weighted by Gasteiger charge is 2.30. The van der Waals surface area contributed by atoms with Gasteiger partial charge in [0.15, 0.2) is 0 Å². The van der Waals surface area contributed by atoms with Gasteiger partial charge in [0.25, 0.3) is 5.91 Å². The summed E-state index contributed by atoms with van der Waals surface area (Å²) in [5, 5.41) is 0.692. The Morgan fingerprint density at radius 2 is 2.37 bits per heavy atom. The summed E-state index contributed by atoms with van der Waals surface area (Å²) in [4.78, 5) is 11.3. The van der Waals surface area contributed by atoms with Gasteiger partial charge in [0.1, 0.15) is 6.10 Å². The number of hydrogen-bond donors (Lipinski definition) is 2. The number of benzene rings is 1. The van der Waals surface area contributed by atoms with E-state index in [0.717, 1.165) is 12.0 Å². The minimum Gasteiger partial charge on any atom is -0.374 e. The van der Waals surface area contributed by atoms with E-state index in [-0.39, 0.29) is 12.0 Å². The fourth-order valence-electron chi connectivity index (χ4n) is 2.05. The van der Waals surface area contributed by atoms with Crippen LogP contribution in [0.1, 0.15) is 18.4 Å². The molecular formula is C13H17ClN2O3. The molecule has 1 amide bonds. The molecule has 2 rings (SSSR count). The first-order valence-corrected chi connectivity index (χ1v) is 6.55.